The van der Waals surface area contributed by atoms with E-state index in [1.165, 1.54) is 18.3 Å². The number of aromatic nitrogens is 1. The Kier molecular flexibility index (Phi) is 4.42. The number of nitrogens with zero attached hydrogens (tertiary/aromatic N) is 1. The van der Waals surface area contributed by atoms with Gasteiger partial charge in [-0.2, -0.15) is 0 Å². The minimum Gasteiger partial charge on any atom is -0.461 e. The molecule has 0 aliphatic rings. The first-order valence-electron chi connectivity index (χ1n) is 5.02. The zero-order valence-electron chi connectivity index (χ0n) is 9.49. The molecule has 1 N–H and O–H groups in total. The van der Waals surface area contributed by atoms with E-state index in [1.54, 1.807) is 6.92 Å². The number of esters is 1. The van der Waals surface area contributed by atoms with Crippen molar-refractivity contribution in [1.82, 2.24) is 4.98 Å². The molecule has 0 spiro atoms. The number of aryl methyl sites for hydroxylation is 1. The maximum atomic E-state index is 11.5. The minimum absolute atomic E-state index is 0.193. The Labute approximate surface area is 97.8 Å². The molecule has 1 heterocycles. The van der Waals surface area contributed by atoms with Crippen LogP contribution in [-0.2, 0) is 16.0 Å². The summed E-state index contributed by atoms with van der Waals surface area (Å²) in [6, 6.07) is 0. The van der Waals surface area contributed by atoms with Crippen LogP contribution in [0, 0.1) is 0 Å². The monoisotopic (exact) mass is 242 g/mol. The van der Waals surface area contributed by atoms with Crippen molar-refractivity contribution in [3.8, 4) is 0 Å². The summed E-state index contributed by atoms with van der Waals surface area (Å²) in [5, 5.41) is 3.84. The molecule has 1 aromatic rings. The molecule has 0 aliphatic carbocycles. The van der Waals surface area contributed by atoms with Gasteiger partial charge in [0.05, 0.1) is 11.6 Å². The van der Waals surface area contributed by atoms with Gasteiger partial charge in [0, 0.05) is 6.92 Å². The first-order chi connectivity index (χ1) is 7.58. The molecule has 1 rings (SSSR count). The highest BCUT2D eigenvalue weighted by Gasteiger charge is 2.19. The van der Waals surface area contributed by atoms with Gasteiger partial charge in [0.15, 0.2) is 5.69 Å². The fraction of sp³-hybridized carbons (Fsp3) is 0.500. The normalized spacial score (nSPS) is 9.94. The molecule has 0 bridgehead atoms. The van der Waals surface area contributed by atoms with Gasteiger partial charge in [0.2, 0.25) is 5.91 Å². The maximum Gasteiger partial charge on any atom is 0.360 e. The SMILES string of the molecule is CCOC(=O)c1nc(CC)sc1NC(C)=O. The summed E-state index contributed by atoms with van der Waals surface area (Å²) in [6.07, 6.45) is 0.719. The Morgan fingerprint density at radius 1 is 1.44 bits per heavy atom. The minimum atomic E-state index is -0.498. The van der Waals surface area contributed by atoms with E-state index in [-0.39, 0.29) is 18.2 Å². The molecular formula is C10H14N2O3S. The molecule has 0 saturated heterocycles. The lowest BCUT2D eigenvalue weighted by Gasteiger charge is -2.01. The number of nitrogens with one attached hydrogen (secondary N) is 1. The maximum absolute atomic E-state index is 11.5. The van der Waals surface area contributed by atoms with Crippen LogP contribution in [0.2, 0.25) is 0 Å². The molecule has 0 saturated carbocycles. The van der Waals surface area contributed by atoms with Gasteiger partial charge in [-0.15, -0.1) is 11.3 Å². The van der Waals surface area contributed by atoms with Gasteiger partial charge < -0.3 is 10.1 Å². The average Bonchev–Trinajstić information content (AvgIpc) is 2.60. The molecule has 0 atom stereocenters. The number of amides is 1. The van der Waals surface area contributed by atoms with Crippen molar-refractivity contribution in [2.75, 3.05) is 11.9 Å². The van der Waals surface area contributed by atoms with Crippen molar-refractivity contribution in [3.05, 3.63) is 10.7 Å². The highest BCUT2D eigenvalue weighted by Crippen LogP contribution is 2.25. The molecular weight excluding hydrogens is 228 g/mol. The third kappa shape index (κ3) is 3.03. The lowest BCUT2D eigenvalue weighted by Crippen LogP contribution is -2.11. The molecule has 88 valence electrons. The number of hydrogen-bond donors (Lipinski definition) is 1. The van der Waals surface area contributed by atoms with E-state index in [4.69, 9.17) is 4.74 Å². The second kappa shape index (κ2) is 5.60. The summed E-state index contributed by atoms with van der Waals surface area (Å²) in [5.74, 6) is -0.723. The third-order valence-electron chi connectivity index (χ3n) is 1.73. The highest BCUT2D eigenvalue weighted by molar-refractivity contribution is 7.16. The van der Waals surface area contributed by atoms with Gasteiger partial charge in [-0.25, -0.2) is 9.78 Å². The summed E-state index contributed by atoms with van der Waals surface area (Å²) >= 11 is 1.30. The molecule has 6 heteroatoms. The zero-order chi connectivity index (χ0) is 12.1. The van der Waals surface area contributed by atoms with Crippen LogP contribution in [-0.4, -0.2) is 23.5 Å². The molecule has 0 aromatic carbocycles. The number of rotatable bonds is 4. The first-order valence-corrected chi connectivity index (χ1v) is 5.84. The number of carbonyl (C=O) groups is 2. The van der Waals surface area contributed by atoms with Crippen LogP contribution < -0.4 is 5.32 Å². The molecule has 0 unspecified atom stereocenters. The van der Waals surface area contributed by atoms with Crippen molar-refractivity contribution in [2.45, 2.75) is 27.2 Å². The standard InChI is InChI=1S/C10H14N2O3S/c1-4-7-12-8(10(14)15-5-2)9(16-7)11-6(3)13/h4-5H2,1-3H3,(H,11,13). The Morgan fingerprint density at radius 2 is 2.12 bits per heavy atom. The van der Waals surface area contributed by atoms with Crippen molar-refractivity contribution < 1.29 is 14.3 Å². The lowest BCUT2D eigenvalue weighted by atomic mass is 10.4. The fourth-order valence-corrected chi connectivity index (χ4v) is 2.04. The zero-order valence-corrected chi connectivity index (χ0v) is 10.3. The Hall–Kier alpha value is -1.43. The quantitative estimate of drug-likeness (QED) is 0.818. The van der Waals surface area contributed by atoms with Crippen LogP contribution in [0.4, 0.5) is 5.00 Å². The fourth-order valence-electron chi connectivity index (χ4n) is 1.10. The van der Waals surface area contributed by atoms with Crippen molar-refractivity contribution >= 4 is 28.2 Å². The molecule has 1 amide bonds. The molecule has 1 aromatic heterocycles. The van der Waals surface area contributed by atoms with E-state index in [9.17, 15) is 9.59 Å². The van der Waals surface area contributed by atoms with Crippen molar-refractivity contribution in [3.63, 3.8) is 0 Å². The van der Waals surface area contributed by atoms with E-state index in [0.717, 1.165) is 11.4 Å². The first kappa shape index (κ1) is 12.6. The number of hydrogen-bond acceptors (Lipinski definition) is 5. The highest BCUT2D eigenvalue weighted by atomic mass is 32.1. The predicted octanol–water partition coefficient (Wildman–Crippen LogP) is 1.84. The van der Waals surface area contributed by atoms with Gasteiger partial charge in [-0.3, -0.25) is 4.79 Å². The summed E-state index contributed by atoms with van der Waals surface area (Å²) < 4.78 is 4.86. The number of carbonyl (C=O) groups excluding carboxylic acids is 2. The average molecular weight is 242 g/mol. The Balaban J connectivity index is 2.99. The van der Waals surface area contributed by atoms with Crippen LogP contribution in [0.25, 0.3) is 0 Å². The lowest BCUT2D eigenvalue weighted by molar-refractivity contribution is -0.114. The van der Waals surface area contributed by atoms with Crippen LogP contribution in [0.15, 0.2) is 0 Å². The van der Waals surface area contributed by atoms with E-state index in [2.05, 4.69) is 10.3 Å². The van der Waals surface area contributed by atoms with E-state index >= 15 is 0 Å². The number of thiazole rings is 1. The third-order valence-corrected chi connectivity index (χ3v) is 2.85. The molecule has 0 aliphatic heterocycles. The van der Waals surface area contributed by atoms with E-state index in [0.29, 0.717) is 5.00 Å². The Morgan fingerprint density at radius 3 is 2.62 bits per heavy atom. The molecule has 0 radical (unpaired) electrons. The summed E-state index contributed by atoms with van der Waals surface area (Å²) in [5.41, 5.74) is 0.193. The van der Waals surface area contributed by atoms with Crippen molar-refractivity contribution in [2.24, 2.45) is 0 Å². The Bertz CT molecular complexity index is 401. The van der Waals surface area contributed by atoms with Gasteiger partial charge in [0.25, 0.3) is 0 Å². The van der Waals surface area contributed by atoms with Gasteiger partial charge in [-0.05, 0) is 13.3 Å². The molecule has 5 nitrogen and oxygen atoms in total. The van der Waals surface area contributed by atoms with Gasteiger partial charge in [-0.1, -0.05) is 6.92 Å². The predicted molar refractivity (Wildman–Crippen MR) is 61.8 cm³/mol. The van der Waals surface area contributed by atoms with Crippen LogP contribution in [0.1, 0.15) is 36.3 Å². The summed E-state index contributed by atoms with van der Waals surface area (Å²) in [4.78, 5) is 26.6. The number of anilines is 1. The molecule has 0 fully saturated rings. The second-order valence-corrected chi connectivity index (χ2v) is 4.12. The largest absolute Gasteiger partial charge is 0.461 e. The van der Waals surface area contributed by atoms with E-state index < -0.39 is 5.97 Å². The van der Waals surface area contributed by atoms with Gasteiger partial charge in [0.1, 0.15) is 5.00 Å². The van der Waals surface area contributed by atoms with Crippen LogP contribution in [0.5, 0.6) is 0 Å². The summed E-state index contributed by atoms with van der Waals surface area (Å²) in [6.45, 7) is 5.34. The van der Waals surface area contributed by atoms with Gasteiger partial charge >= 0.3 is 5.97 Å². The summed E-state index contributed by atoms with van der Waals surface area (Å²) in [7, 11) is 0. The second-order valence-electron chi connectivity index (χ2n) is 3.04. The van der Waals surface area contributed by atoms with Crippen LogP contribution in [0.3, 0.4) is 0 Å². The van der Waals surface area contributed by atoms with Crippen LogP contribution >= 0.6 is 11.3 Å². The molecule has 16 heavy (non-hydrogen) atoms. The smallest absolute Gasteiger partial charge is 0.360 e. The van der Waals surface area contributed by atoms with E-state index in [1.807, 2.05) is 6.92 Å². The topological polar surface area (TPSA) is 68.3 Å². The number of ether oxygens (including phenoxy) is 1. The van der Waals surface area contributed by atoms with Crippen molar-refractivity contribution in [1.29, 1.82) is 0 Å².